The van der Waals surface area contributed by atoms with Crippen molar-refractivity contribution in [3.05, 3.63) is 23.7 Å². The van der Waals surface area contributed by atoms with E-state index in [-0.39, 0.29) is 11.9 Å². The summed E-state index contributed by atoms with van der Waals surface area (Å²) in [6.45, 7) is 4.91. The molecule has 0 radical (unpaired) electrons. The predicted octanol–water partition coefficient (Wildman–Crippen LogP) is 1.66. The van der Waals surface area contributed by atoms with Crippen molar-refractivity contribution >= 4 is 5.97 Å². The lowest BCUT2D eigenvalue weighted by molar-refractivity contribution is -0.163. The van der Waals surface area contributed by atoms with Crippen LogP contribution in [0.2, 0.25) is 0 Å². The number of carbonyl (C=O) groups excluding carboxylic acids is 1. The highest BCUT2D eigenvalue weighted by Gasteiger charge is 2.48. The largest absolute Gasteiger partial charge is 0.490 e. The van der Waals surface area contributed by atoms with E-state index < -0.39 is 17.9 Å². The Balaban J connectivity index is 1.79. The van der Waals surface area contributed by atoms with Crippen molar-refractivity contribution in [2.45, 2.75) is 44.7 Å². The normalized spacial score (nSPS) is 33.7. The summed E-state index contributed by atoms with van der Waals surface area (Å²) in [6.07, 6.45) is 4.62. The minimum Gasteiger partial charge on any atom is -0.490 e. The summed E-state index contributed by atoms with van der Waals surface area (Å²) in [7, 11) is 0. The molecule has 3 rings (SSSR count). The molecule has 6 nitrogen and oxygen atoms in total. The minimum absolute atomic E-state index is 0.170. The highest BCUT2D eigenvalue weighted by molar-refractivity contribution is 5.89. The SMILES string of the molecule is CC1(C)OC[C@H]([C@@H]2OC(=O)C3=C2OCC/C=C\CCO3)O1. The van der Waals surface area contributed by atoms with Gasteiger partial charge < -0.3 is 23.7 Å². The van der Waals surface area contributed by atoms with Gasteiger partial charge in [0.05, 0.1) is 19.8 Å². The summed E-state index contributed by atoms with van der Waals surface area (Å²) in [5, 5.41) is 0. The molecule has 0 unspecified atom stereocenters. The molecular weight excluding hydrogens is 276 g/mol. The van der Waals surface area contributed by atoms with Gasteiger partial charge in [-0.15, -0.1) is 0 Å². The van der Waals surface area contributed by atoms with Crippen molar-refractivity contribution in [2.24, 2.45) is 0 Å². The molecule has 21 heavy (non-hydrogen) atoms. The van der Waals surface area contributed by atoms with E-state index in [2.05, 4.69) is 0 Å². The zero-order chi connectivity index (χ0) is 14.9. The van der Waals surface area contributed by atoms with Crippen LogP contribution in [-0.4, -0.2) is 43.8 Å². The molecule has 0 bridgehead atoms. The number of hydrogen-bond donors (Lipinski definition) is 0. The van der Waals surface area contributed by atoms with Gasteiger partial charge >= 0.3 is 5.97 Å². The number of carbonyl (C=O) groups is 1. The quantitative estimate of drug-likeness (QED) is 0.541. The molecule has 0 aromatic heterocycles. The Kier molecular flexibility index (Phi) is 3.91. The maximum atomic E-state index is 12.0. The van der Waals surface area contributed by atoms with E-state index in [4.69, 9.17) is 23.7 Å². The molecule has 6 heteroatoms. The number of cyclic esters (lactones) is 1. The van der Waals surface area contributed by atoms with Gasteiger partial charge in [0.1, 0.15) is 6.10 Å². The van der Waals surface area contributed by atoms with E-state index >= 15 is 0 Å². The molecule has 0 saturated carbocycles. The Hall–Kier alpha value is -1.53. The maximum Gasteiger partial charge on any atom is 0.378 e. The van der Waals surface area contributed by atoms with Crippen LogP contribution in [0.1, 0.15) is 26.7 Å². The summed E-state index contributed by atoms with van der Waals surface area (Å²) in [5.41, 5.74) is 0. The molecule has 0 aliphatic carbocycles. The van der Waals surface area contributed by atoms with Crippen molar-refractivity contribution in [1.29, 1.82) is 0 Å². The molecule has 116 valence electrons. The Morgan fingerprint density at radius 1 is 1.14 bits per heavy atom. The molecule has 0 aromatic rings. The molecule has 0 N–H and O–H groups in total. The highest BCUT2D eigenvalue weighted by atomic mass is 16.8. The third-order valence-corrected chi connectivity index (χ3v) is 3.51. The van der Waals surface area contributed by atoms with E-state index in [1.54, 1.807) is 0 Å². The number of esters is 1. The predicted molar refractivity (Wildman–Crippen MR) is 72.1 cm³/mol. The molecule has 3 heterocycles. The fraction of sp³-hybridized carbons (Fsp3) is 0.667. The molecule has 0 aromatic carbocycles. The van der Waals surface area contributed by atoms with Crippen molar-refractivity contribution in [3.8, 4) is 0 Å². The summed E-state index contributed by atoms with van der Waals surface area (Å²) in [5.74, 6) is -0.571. The van der Waals surface area contributed by atoms with Crippen molar-refractivity contribution in [2.75, 3.05) is 19.8 Å². The van der Waals surface area contributed by atoms with Gasteiger partial charge in [-0.1, -0.05) is 12.2 Å². The first kappa shape index (κ1) is 14.4. The van der Waals surface area contributed by atoms with Crippen LogP contribution in [0.5, 0.6) is 0 Å². The van der Waals surface area contributed by atoms with Gasteiger partial charge in [-0.3, -0.25) is 0 Å². The Morgan fingerprint density at radius 3 is 2.52 bits per heavy atom. The van der Waals surface area contributed by atoms with Crippen LogP contribution in [0.4, 0.5) is 0 Å². The van der Waals surface area contributed by atoms with E-state index in [0.29, 0.717) is 25.6 Å². The molecule has 1 saturated heterocycles. The fourth-order valence-electron chi connectivity index (χ4n) is 2.54. The first-order chi connectivity index (χ1) is 10.1. The molecule has 0 amide bonds. The van der Waals surface area contributed by atoms with Crippen LogP contribution >= 0.6 is 0 Å². The molecule has 3 aliphatic rings. The van der Waals surface area contributed by atoms with Crippen LogP contribution in [0, 0.1) is 0 Å². The van der Waals surface area contributed by atoms with Crippen LogP contribution in [0.25, 0.3) is 0 Å². The summed E-state index contributed by atoms with van der Waals surface area (Å²) in [6, 6.07) is 0. The van der Waals surface area contributed by atoms with Gasteiger partial charge in [0.15, 0.2) is 17.7 Å². The zero-order valence-corrected chi connectivity index (χ0v) is 12.3. The number of hydrogen-bond acceptors (Lipinski definition) is 6. The second-order valence-corrected chi connectivity index (χ2v) is 5.63. The van der Waals surface area contributed by atoms with Crippen molar-refractivity contribution in [3.63, 3.8) is 0 Å². The second kappa shape index (κ2) is 5.69. The summed E-state index contributed by atoms with van der Waals surface area (Å²) in [4.78, 5) is 12.0. The molecular formula is C15H20O6. The van der Waals surface area contributed by atoms with Crippen LogP contribution in [-0.2, 0) is 28.5 Å². The van der Waals surface area contributed by atoms with E-state index in [1.807, 2.05) is 26.0 Å². The zero-order valence-electron chi connectivity index (χ0n) is 12.3. The van der Waals surface area contributed by atoms with E-state index in [9.17, 15) is 4.79 Å². The maximum absolute atomic E-state index is 12.0. The highest BCUT2D eigenvalue weighted by Crippen LogP contribution is 2.34. The summed E-state index contributed by atoms with van der Waals surface area (Å²) >= 11 is 0. The van der Waals surface area contributed by atoms with Gasteiger partial charge in [0, 0.05) is 0 Å². The van der Waals surface area contributed by atoms with E-state index in [0.717, 1.165) is 12.8 Å². The first-order valence-electron chi connectivity index (χ1n) is 7.24. The van der Waals surface area contributed by atoms with Crippen molar-refractivity contribution < 1.29 is 28.5 Å². The smallest absolute Gasteiger partial charge is 0.378 e. The third kappa shape index (κ3) is 3.06. The van der Waals surface area contributed by atoms with E-state index in [1.165, 1.54) is 0 Å². The summed E-state index contributed by atoms with van der Waals surface area (Å²) < 4.78 is 28.0. The van der Waals surface area contributed by atoms with Gasteiger partial charge in [0.25, 0.3) is 0 Å². The van der Waals surface area contributed by atoms with Gasteiger partial charge in [-0.05, 0) is 26.7 Å². The van der Waals surface area contributed by atoms with Gasteiger partial charge in [-0.25, -0.2) is 4.79 Å². The number of ether oxygens (including phenoxy) is 5. The Bertz CT molecular complexity index is 479. The monoisotopic (exact) mass is 296 g/mol. The minimum atomic E-state index is -0.681. The van der Waals surface area contributed by atoms with Crippen LogP contribution in [0.15, 0.2) is 23.7 Å². The topological polar surface area (TPSA) is 63.2 Å². The van der Waals surface area contributed by atoms with Crippen molar-refractivity contribution in [1.82, 2.24) is 0 Å². The number of rotatable bonds is 1. The lowest BCUT2D eigenvalue weighted by Crippen LogP contribution is -2.33. The molecule has 2 atom stereocenters. The molecule has 0 spiro atoms. The third-order valence-electron chi connectivity index (χ3n) is 3.51. The standard InChI is InChI=1S/C15H20O6/c1-15(2)19-9-10(21-15)11-12-13(14(16)20-11)18-8-6-4-3-5-7-17-12/h3-4,10-11H,5-9H2,1-2H3/b4-3-/t10-,11+/m1/s1. The van der Waals surface area contributed by atoms with Crippen LogP contribution in [0.3, 0.4) is 0 Å². The Labute approximate surface area is 123 Å². The second-order valence-electron chi connectivity index (χ2n) is 5.63. The average molecular weight is 296 g/mol. The average Bonchev–Trinajstić information content (AvgIpc) is 2.95. The fourth-order valence-corrected chi connectivity index (χ4v) is 2.54. The van der Waals surface area contributed by atoms with Crippen LogP contribution < -0.4 is 0 Å². The lowest BCUT2D eigenvalue weighted by Gasteiger charge is -2.21. The molecule has 1 fully saturated rings. The first-order valence-corrected chi connectivity index (χ1v) is 7.24. The Morgan fingerprint density at radius 2 is 1.86 bits per heavy atom. The van der Waals surface area contributed by atoms with Gasteiger partial charge in [-0.2, -0.15) is 0 Å². The molecule has 3 aliphatic heterocycles. The lowest BCUT2D eigenvalue weighted by atomic mass is 10.2. The van der Waals surface area contributed by atoms with Gasteiger partial charge in [0.2, 0.25) is 5.76 Å².